The molecule has 0 spiro atoms. The second kappa shape index (κ2) is 4.16. The first-order chi connectivity index (χ1) is 7.20. The summed E-state index contributed by atoms with van der Waals surface area (Å²) >= 11 is 5.56. The molecule has 1 N–H and O–H groups in total. The molecule has 0 radical (unpaired) electrons. The van der Waals surface area contributed by atoms with Crippen LogP contribution in [0.15, 0.2) is 23.4 Å². The number of benzene rings is 1. The van der Waals surface area contributed by atoms with Gasteiger partial charge in [0.15, 0.2) is 6.10 Å². The lowest BCUT2D eigenvalue weighted by Crippen LogP contribution is -2.12. The maximum Gasteiger partial charge on any atom is 0.156 e. The number of rotatable bonds is 2. The van der Waals surface area contributed by atoms with E-state index in [-0.39, 0.29) is 17.7 Å². The molecule has 80 valence electrons. The predicted molar refractivity (Wildman–Crippen MR) is 54.5 cm³/mol. The fourth-order valence-electron chi connectivity index (χ4n) is 1.37. The lowest BCUT2D eigenvalue weighted by atomic mass is 10.1. The monoisotopic (exact) mass is 229 g/mol. The van der Waals surface area contributed by atoms with E-state index >= 15 is 0 Å². The molecule has 0 saturated heterocycles. The highest BCUT2D eigenvalue weighted by Crippen LogP contribution is 2.20. The van der Waals surface area contributed by atoms with Crippen LogP contribution in [0.1, 0.15) is 12.0 Å². The van der Waals surface area contributed by atoms with Gasteiger partial charge in [0.25, 0.3) is 0 Å². The van der Waals surface area contributed by atoms with E-state index in [9.17, 15) is 4.39 Å². The van der Waals surface area contributed by atoms with E-state index < -0.39 is 5.82 Å². The Hall–Kier alpha value is -1.13. The van der Waals surface area contributed by atoms with Crippen LogP contribution < -0.4 is 0 Å². The van der Waals surface area contributed by atoms with Gasteiger partial charge < -0.3 is 9.94 Å². The number of oxime groups is 1. The zero-order chi connectivity index (χ0) is 10.8. The van der Waals surface area contributed by atoms with Gasteiger partial charge in [-0.3, -0.25) is 0 Å². The maximum atomic E-state index is 13.1. The average Bonchev–Trinajstić information content (AvgIpc) is 2.70. The van der Waals surface area contributed by atoms with Gasteiger partial charge in [0.2, 0.25) is 0 Å². The summed E-state index contributed by atoms with van der Waals surface area (Å²) in [5, 5.41) is 12.7. The van der Waals surface area contributed by atoms with Crippen LogP contribution in [0.2, 0.25) is 5.02 Å². The molecule has 2 rings (SSSR count). The first-order valence-electron chi connectivity index (χ1n) is 4.49. The fourth-order valence-corrected chi connectivity index (χ4v) is 1.49. The molecule has 15 heavy (non-hydrogen) atoms. The number of aliphatic hydroxyl groups excluding tert-OH is 1. The van der Waals surface area contributed by atoms with Crippen LogP contribution in [-0.4, -0.2) is 23.5 Å². The zero-order valence-corrected chi connectivity index (χ0v) is 8.54. The van der Waals surface area contributed by atoms with Crippen LogP contribution in [0.25, 0.3) is 0 Å². The molecule has 0 aliphatic carbocycles. The van der Waals surface area contributed by atoms with E-state index in [0.29, 0.717) is 17.7 Å². The number of hydrogen-bond acceptors (Lipinski definition) is 3. The Morgan fingerprint density at radius 3 is 3.00 bits per heavy atom. The first-order valence-corrected chi connectivity index (χ1v) is 4.87. The molecule has 0 fully saturated rings. The summed E-state index contributed by atoms with van der Waals surface area (Å²) in [5.41, 5.74) is 1.26. The van der Waals surface area contributed by atoms with E-state index in [1.165, 1.54) is 12.1 Å². The van der Waals surface area contributed by atoms with Crippen molar-refractivity contribution in [1.29, 1.82) is 0 Å². The van der Waals surface area contributed by atoms with E-state index in [1.54, 1.807) is 6.07 Å². The Balaban J connectivity index is 2.21. The molecule has 0 bridgehead atoms. The SMILES string of the molecule is OCC1CC(c2ccc(Cl)c(F)c2)=NO1. The van der Waals surface area contributed by atoms with Crippen molar-refractivity contribution in [3.8, 4) is 0 Å². The Kier molecular flexibility index (Phi) is 2.88. The van der Waals surface area contributed by atoms with Crippen molar-refractivity contribution < 1.29 is 14.3 Å². The smallest absolute Gasteiger partial charge is 0.156 e. The number of aliphatic hydroxyl groups is 1. The number of hydrogen-bond donors (Lipinski definition) is 1. The van der Waals surface area contributed by atoms with E-state index in [4.69, 9.17) is 21.5 Å². The normalized spacial score (nSPS) is 19.9. The highest BCUT2D eigenvalue weighted by molar-refractivity contribution is 6.30. The predicted octanol–water partition coefficient (Wildman–Crippen LogP) is 1.96. The minimum atomic E-state index is -0.482. The van der Waals surface area contributed by atoms with Crippen LogP contribution >= 0.6 is 11.6 Å². The summed E-state index contributed by atoms with van der Waals surface area (Å²) in [4.78, 5) is 4.92. The molecule has 1 aromatic rings. The largest absolute Gasteiger partial charge is 0.392 e. The standard InChI is InChI=1S/C10H9ClFNO2/c11-8-2-1-6(3-9(8)12)10-4-7(5-14)15-13-10/h1-3,7,14H,4-5H2. The quantitative estimate of drug-likeness (QED) is 0.843. The Bertz CT molecular complexity index is 408. The highest BCUT2D eigenvalue weighted by Gasteiger charge is 2.21. The second-order valence-electron chi connectivity index (χ2n) is 3.28. The zero-order valence-electron chi connectivity index (χ0n) is 7.78. The summed E-state index contributed by atoms with van der Waals surface area (Å²) in [6.07, 6.45) is 0.163. The van der Waals surface area contributed by atoms with Crippen LogP contribution in [-0.2, 0) is 4.84 Å². The molecule has 0 aromatic heterocycles. The fraction of sp³-hybridized carbons (Fsp3) is 0.300. The molecular weight excluding hydrogens is 221 g/mol. The topological polar surface area (TPSA) is 41.8 Å². The highest BCUT2D eigenvalue weighted by atomic mass is 35.5. The van der Waals surface area contributed by atoms with Crippen molar-refractivity contribution in [3.63, 3.8) is 0 Å². The lowest BCUT2D eigenvalue weighted by Gasteiger charge is -2.02. The molecule has 1 heterocycles. The molecular formula is C10H9ClFNO2. The molecule has 1 aliphatic rings. The van der Waals surface area contributed by atoms with Crippen LogP contribution in [0.4, 0.5) is 4.39 Å². The molecule has 3 nitrogen and oxygen atoms in total. The number of halogens is 2. The molecule has 1 aromatic carbocycles. The third-order valence-corrected chi connectivity index (χ3v) is 2.50. The van der Waals surface area contributed by atoms with Gasteiger partial charge in [-0.05, 0) is 12.1 Å². The van der Waals surface area contributed by atoms with Gasteiger partial charge >= 0.3 is 0 Å². The van der Waals surface area contributed by atoms with Gasteiger partial charge in [0.05, 0.1) is 17.3 Å². The molecule has 5 heteroatoms. The van der Waals surface area contributed by atoms with E-state index in [1.807, 2.05) is 0 Å². The van der Waals surface area contributed by atoms with Crippen molar-refractivity contribution >= 4 is 17.3 Å². The maximum absolute atomic E-state index is 13.1. The Labute approximate surface area is 91.1 Å². The molecule has 0 saturated carbocycles. The van der Waals surface area contributed by atoms with Crippen LogP contribution in [0, 0.1) is 5.82 Å². The Morgan fingerprint density at radius 2 is 2.40 bits per heavy atom. The van der Waals surface area contributed by atoms with E-state index in [0.717, 1.165) is 0 Å². The van der Waals surface area contributed by atoms with Gasteiger partial charge in [-0.25, -0.2) is 4.39 Å². The minimum absolute atomic E-state index is 0.0805. The minimum Gasteiger partial charge on any atom is -0.392 e. The van der Waals surface area contributed by atoms with Crippen molar-refractivity contribution in [2.75, 3.05) is 6.61 Å². The summed E-state index contributed by atoms with van der Waals surface area (Å²) in [7, 11) is 0. The molecule has 1 unspecified atom stereocenters. The molecule has 1 aliphatic heterocycles. The molecule has 1 atom stereocenters. The van der Waals surface area contributed by atoms with Gasteiger partial charge in [-0.2, -0.15) is 0 Å². The third kappa shape index (κ3) is 2.11. The van der Waals surface area contributed by atoms with Crippen LogP contribution in [0.5, 0.6) is 0 Å². The van der Waals surface area contributed by atoms with Crippen LogP contribution in [0.3, 0.4) is 0 Å². The average molecular weight is 230 g/mol. The summed E-state index contributed by atoms with van der Waals surface area (Å²) in [5.74, 6) is -0.482. The summed E-state index contributed by atoms with van der Waals surface area (Å²) < 4.78 is 13.1. The van der Waals surface area contributed by atoms with E-state index in [2.05, 4.69) is 5.16 Å². The van der Waals surface area contributed by atoms with Crippen molar-refractivity contribution in [2.45, 2.75) is 12.5 Å². The van der Waals surface area contributed by atoms with Gasteiger partial charge in [0, 0.05) is 12.0 Å². The molecule has 0 amide bonds. The van der Waals surface area contributed by atoms with Crippen molar-refractivity contribution in [2.24, 2.45) is 5.16 Å². The van der Waals surface area contributed by atoms with Gasteiger partial charge in [0.1, 0.15) is 5.82 Å². The number of nitrogens with zero attached hydrogens (tertiary/aromatic N) is 1. The summed E-state index contributed by atoms with van der Waals surface area (Å²) in [6, 6.07) is 4.46. The van der Waals surface area contributed by atoms with Gasteiger partial charge in [-0.15, -0.1) is 0 Å². The van der Waals surface area contributed by atoms with Crippen molar-refractivity contribution in [1.82, 2.24) is 0 Å². The summed E-state index contributed by atoms with van der Waals surface area (Å²) in [6.45, 7) is -0.0942. The second-order valence-corrected chi connectivity index (χ2v) is 3.69. The van der Waals surface area contributed by atoms with Gasteiger partial charge in [-0.1, -0.05) is 22.8 Å². The lowest BCUT2D eigenvalue weighted by molar-refractivity contribution is 0.0390. The van der Waals surface area contributed by atoms with Crippen molar-refractivity contribution in [3.05, 3.63) is 34.6 Å². The third-order valence-electron chi connectivity index (χ3n) is 2.19. The Morgan fingerprint density at radius 1 is 1.60 bits per heavy atom. The first kappa shape index (κ1) is 10.4.